The topological polar surface area (TPSA) is 55.2 Å². The molecule has 164 valence electrons. The molecule has 0 N–H and O–H groups in total. The number of fused-ring (bicyclic) bond motifs is 1. The van der Waals surface area contributed by atoms with Crippen LogP contribution in [0.2, 0.25) is 0 Å². The van der Waals surface area contributed by atoms with Crippen molar-refractivity contribution in [1.29, 1.82) is 0 Å². The molecule has 1 unspecified atom stereocenters. The first-order chi connectivity index (χ1) is 14.9. The van der Waals surface area contributed by atoms with Gasteiger partial charge in [-0.3, -0.25) is 14.2 Å². The molecule has 3 aromatic rings. The van der Waals surface area contributed by atoms with Gasteiger partial charge in [-0.05, 0) is 55.5 Å². The molecule has 0 aliphatic carbocycles. The fourth-order valence-corrected chi connectivity index (χ4v) is 3.93. The number of hydrogen-bond acceptors (Lipinski definition) is 3. The van der Waals surface area contributed by atoms with E-state index in [1.807, 2.05) is 67.3 Å². The predicted octanol–water partition coefficient (Wildman–Crippen LogP) is 5.29. The minimum atomic E-state index is -0.329. The van der Waals surface area contributed by atoms with Crippen molar-refractivity contribution in [2.45, 2.75) is 59.9 Å². The van der Waals surface area contributed by atoms with Crippen LogP contribution in [0.5, 0.6) is 0 Å². The molecule has 1 heterocycles. The minimum absolute atomic E-state index is 0.0963. The summed E-state index contributed by atoms with van der Waals surface area (Å²) in [7, 11) is 0. The molecule has 0 spiro atoms. The summed E-state index contributed by atoms with van der Waals surface area (Å²) in [4.78, 5) is 33.3. The van der Waals surface area contributed by atoms with E-state index in [1.165, 1.54) is 5.56 Å². The van der Waals surface area contributed by atoms with Crippen molar-refractivity contribution in [2.24, 2.45) is 5.92 Å². The van der Waals surface area contributed by atoms with Gasteiger partial charge in [0.15, 0.2) is 0 Å². The maximum Gasteiger partial charge on any atom is 0.266 e. The van der Waals surface area contributed by atoms with Crippen LogP contribution >= 0.6 is 0 Å². The number of benzene rings is 2. The van der Waals surface area contributed by atoms with E-state index in [1.54, 1.807) is 4.57 Å². The minimum Gasteiger partial charge on any atom is -0.333 e. The standard InChI is InChI=1S/C26H33N3O2/c1-6-10-24(30)28(17-18(3)4)19(5)25-27-23-12-9-8-11-22(23)26(31)29(25)21-15-13-20(7-2)14-16-21/h8-9,11-16,18-19H,6-7,10,17H2,1-5H3. The third-order valence-electron chi connectivity index (χ3n) is 5.59. The van der Waals surface area contributed by atoms with Crippen LogP contribution in [0.15, 0.2) is 53.3 Å². The second kappa shape index (κ2) is 9.90. The first kappa shape index (κ1) is 22.7. The van der Waals surface area contributed by atoms with E-state index in [0.29, 0.717) is 35.6 Å². The van der Waals surface area contributed by atoms with E-state index in [-0.39, 0.29) is 17.5 Å². The van der Waals surface area contributed by atoms with Crippen LogP contribution in [0, 0.1) is 5.92 Å². The van der Waals surface area contributed by atoms with Crippen LogP contribution in [0.25, 0.3) is 16.6 Å². The van der Waals surface area contributed by atoms with Gasteiger partial charge in [-0.25, -0.2) is 4.98 Å². The Morgan fingerprint density at radius 2 is 1.71 bits per heavy atom. The number of carbonyl (C=O) groups excluding carboxylic acids is 1. The summed E-state index contributed by atoms with van der Waals surface area (Å²) < 4.78 is 1.68. The molecule has 31 heavy (non-hydrogen) atoms. The molecule has 5 nitrogen and oxygen atoms in total. The number of hydrogen-bond donors (Lipinski definition) is 0. The number of aryl methyl sites for hydroxylation is 1. The lowest BCUT2D eigenvalue weighted by Crippen LogP contribution is -2.39. The van der Waals surface area contributed by atoms with Crippen molar-refractivity contribution < 1.29 is 4.79 Å². The third kappa shape index (κ3) is 4.87. The van der Waals surface area contributed by atoms with Gasteiger partial charge in [0, 0.05) is 13.0 Å². The van der Waals surface area contributed by atoms with E-state index in [2.05, 4.69) is 20.8 Å². The Morgan fingerprint density at radius 1 is 1.03 bits per heavy atom. The number of carbonyl (C=O) groups is 1. The maximum atomic E-state index is 13.6. The highest BCUT2D eigenvalue weighted by atomic mass is 16.2. The molecule has 0 radical (unpaired) electrons. The van der Waals surface area contributed by atoms with Crippen molar-refractivity contribution in [1.82, 2.24) is 14.5 Å². The van der Waals surface area contributed by atoms with Gasteiger partial charge in [-0.15, -0.1) is 0 Å². The Kier molecular flexibility index (Phi) is 7.26. The molecular formula is C26H33N3O2. The van der Waals surface area contributed by atoms with Crippen LogP contribution in [0.3, 0.4) is 0 Å². The van der Waals surface area contributed by atoms with Crippen LogP contribution in [-0.4, -0.2) is 26.9 Å². The van der Waals surface area contributed by atoms with E-state index in [0.717, 1.165) is 18.5 Å². The lowest BCUT2D eigenvalue weighted by Gasteiger charge is -2.32. The molecule has 3 rings (SSSR count). The molecule has 1 amide bonds. The van der Waals surface area contributed by atoms with E-state index >= 15 is 0 Å². The third-order valence-corrected chi connectivity index (χ3v) is 5.59. The quantitative estimate of drug-likeness (QED) is 0.498. The zero-order valence-corrected chi connectivity index (χ0v) is 19.3. The van der Waals surface area contributed by atoms with Crippen molar-refractivity contribution in [3.05, 3.63) is 70.3 Å². The van der Waals surface area contributed by atoms with Gasteiger partial charge in [0.1, 0.15) is 5.82 Å². The Balaban J connectivity index is 2.23. The molecule has 0 aliphatic rings. The van der Waals surface area contributed by atoms with E-state index in [9.17, 15) is 9.59 Å². The second-order valence-corrected chi connectivity index (χ2v) is 8.51. The zero-order valence-electron chi connectivity index (χ0n) is 19.3. The van der Waals surface area contributed by atoms with Crippen molar-refractivity contribution in [3.63, 3.8) is 0 Å². The molecule has 0 bridgehead atoms. The van der Waals surface area contributed by atoms with Crippen molar-refractivity contribution >= 4 is 16.8 Å². The summed E-state index contributed by atoms with van der Waals surface area (Å²) in [6, 6.07) is 15.1. The molecule has 1 aromatic heterocycles. The van der Waals surface area contributed by atoms with Crippen LogP contribution in [0.4, 0.5) is 0 Å². The largest absolute Gasteiger partial charge is 0.333 e. The number of para-hydroxylation sites is 1. The van der Waals surface area contributed by atoms with Gasteiger partial charge in [-0.1, -0.05) is 52.0 Å². The normalized spacial score (nSPS) is 12.3. The summed E-state index contributed by atoms with van der Waals surface area (Å²) in [5, 5.41) is 0.577. The number of aromatic nitrogens is 2. The number of nitrogens with zero attached hydrogens (tertiary/aromatic N) is 3. The Hall–Kier alpha value is -2.95. The first-order valence-electron chi connectivity index (χ1n) is 11.3. The Bertz CT molecular complexity index is 1100. The Morgan fingerprint density at radius 3 is 2.32 bits per heavy atom. The summed E-state index contributed by atoms with van der Waals surface area (Å²) in [6.07, 6.45) is 2.21. The molecule has 5 heteroatoms. The summed E-state index contributed by atoms with van der Waals surface area (Å²) in [5.74, 6) is 1.00. The van der Waals surface area contributed by atoms with Gasteiger partial charge in [0.2, 0.25) is 5.91 Å². The summed E-state index contributed by atoms with van der Waals surface area (Å²) in [5.41, 5.74) is 2.53. The van der Waals surface area contributed by atoms with Crippen molar-refractivity contribution in [3.8, 4) is 5.69 Å². The molecule has 0 fully saturated rings. The smallest absolute Gasteiger partial charge is 0.266 e. The highest BCUT2D eigenvalue weighted by molar-refractivity contribution is 5.79. The molecule has 0 saturated heterocycles. The van der Waals surface area contributed by atoms with E-state index in [4.69, 9.17) is 4.98 Å². The maximum absolute atomic E-state index is 13.6. The summed E-state index contributed by atoms with van der Waals surface area (Å²) >= 11 is 0. The molecular weight excluding hydrogens is 386 g/mol. The fourth-order valence-electron chi connectivity index (χ4n) is 3.93. The van der Waals surface area contributed by atoms with Crippen LogP contribution in [0.1, 0.15) is 64.9 Å². The first-order valence-corrected chi connectivity index (χ1v) is 11.3. The highest BCUT2D eigenvalue weighted by Crippen LogP contribution is 2.25. The molecule has 1 atom stereocenters. The molecule has 2 aromatic carbocycles. The predicted molar refractivity (Wildman–Crippen MR) is 127 cm³/mol. The monoisotopic (exact) mass is 419 g/mol. The highest BCUT2D eigenvalue weighted by Gasteiger charge is 2.27. The van der Waals surface area contributed by atoms with Crippen LogP contribution in [-0.2, 0) is 11.2 Å². The second-order valence-electron chi connectivity index (χ2n) is 8.51. The zero-order chi connectivity index (χ0) is 22.5. The average molecular weight is 420 g/mol. The number of rotatable bonds is 8. The van der Waals surface area contributed by atoms with Gasteiger partial charge < -0.3 is 4.90 Å². The van der Waals surface area contributed by atoms with Gasteiger partial charge in [0.25, 0.3) is 5.56 Å². The number of amides is 1. The lowest BCUT2D eigenvalue weighted by atomic mass is 10.1. The fraction of sp³-hybridized carbons (Fsp3) is 0.423. The van der Waals surface area contributed by atoms with Gasteiger partial charge >= 0.3 is 0 Å². The van der Waals surface area contributed by atoms with Gasteiger partial charge in [-0.2, -0.15) is 0 Å². The lowest BCUT2D eigenvalue weighted by molar-refractivity contribution is -0.134. The van der Waals surface area contributed by atoms with Gasteiger partial charge in [0.05, 0.1) is 22.6 Å². The SMILES string of the molecule is CCCC(=O)N(CC(C)C)C(C)c1nc2ccccc2c(=O)n1-c1ccc(CC)cc1. The van der Waals surface area contributed by atoms with Crippen LogP contribution < -0.4 is 5.56 Å². The molecule has 0 saturated carbocycles. The summed E-state index contributed by atoms with van der Waals surface area (Å²) in [6.45, 7) is 10.9. The molecule has 0 aliphatic heterocycles. The Labute approximate surface area is 184 Å². The van der Waals surface area contributed by atoms with E-state index < -0.39 is 0 Å². The van der Waals surface area contributed by atoms with Crippen molar-refractivity contribution in [2.75, 3.05) is 6.54 Å². The average Bonchev–Trinajstić information content (AvgIpc) is 2.77.